The Morgan fingerprint density at radius 3 is 2.72 bits per heavy atom. The summed E-state index contributed by atoms with van der Waals surface area (Å²) < 4.78 is 4.27. The van der Waals surface area contributed by atoms with Crippen molar-refractivity contribution in [3.05, 3.63) is 33.7 Å². The minimum absolute atomic E-state index is 0.0471. The van der Waals surface area contributed by atoms with Gasteiger partial charge < -0.3 is 10.2 Å². The van der Waals surface area contributed by atoms with Gasteiger partial charge in [0, 0.05) is 13.0 Å². The number of nitrogens with zero attached hydrogens (tertiary/aromatic N) is 4. The summed E-state index contributed by atoms with van der Waals surface area (Å²) in [6, 6.07) is 3.90. The van der Waals surface area contributed by atoms with Crippen LogP contribution in [0.15, 0.2) is 22.3 Å². The zero-order chi connectivity index (χ0) is 20.8. The minimum atomic E-state index is -0.225. The molecule has 0 aliphatic heterocycles. The van der Waals surface area contributed by atoms with Crippen molar-refractivity contribution in [3.8, 4) is 0 Å². The van der Waals surface area contributed by atoms with E-state index in [1.165, 1.54) is 17.5 Å². The average molecular weight is 418 g/mol. The van der Waals surface area contributed by atoms with Crippen molar-refractivity contribution < 1.29 is 4.79 Å². The first-order valence-electron chi connectivity index (χ1n) is 10.6. The number of fused-ring (bicyclic) bond motifs is 3. The second kappa shape index (κ2) is 10.0. The average Bonchev–Trinajstić information content (AvgIpc) is 3.31. The molecule has 1 amide bonds. The fraction of sp³-hybridized carbons (Fsp3) is 0.571. The van der Waals surface area contributed by atoms with E-state index in [4.69, 9.17) is 0 Å². The Morgan fingerprint density at radius 2 is 2.00 bits per heavy atom. The van der Waals surface area contributed by atoms with Crippen LogP contribution in [0, 0.1) is 0 Å². The normalized spacial score (nSPS) is 11.7. The van der Waals surface area contributed by atoms with Crippen LogP contribution in [0.1, 0.15) is 45.9 Å². The predicted molar refractivity (Wildman–Crippen MR) is 119 cm³/mol. The van der Waals surface area contributed by atoms with E-state index in [-0.39, 0.29) is 18.0 Å². The zero-order valence-corrected chi connectivity index (χ0v) is 18.4. The van der Waals surface area contributed by atoms with Crippen LogP contribution in [0.3, 0.4) is 0 Å². The molecule has 3 rings (SSSR count). The van der Waals surface area contributed by atoms with Crippen LogP contribution >= 0.6 is 11.3 Å². The van der Waals surface area contributed by atoms with Gasteiger partial charge in [0.05, 0.1) is 10.2 Å². The van der Waals surface area contributed by atoms with Gasteiger partial charge in [0.25, 0.3) is 5.56 Å². The monoisotopic (exact) mass is 417 g/mol. The van der Waals surface area contributed by atoms with Crippen molar-refractivity contribution in [3.63, 3.8) is 0 Å². The molecule has 0 aliphatic carbocycles. The Hall–Kier alpha value is -2.19. The molecule has 0 saturated carbocycles. The smallest absolute Gasteiger partial charge is 0.291 e. The van der Waals surface area contributed by atoms with Gasteiger partial charge in [-0.2, -0.15) is 5.10 Å². The maximum absolute atomic E-state index is 12.9. The van der Waals surface area contributed by atoms with Gasteiger partial charge in [-0.25, -0.2) is 4.68 Å². The Balaban J connectivity index is 1.63. The van der Waals surface area contributed by atoms with E-state index in [2.05, 4.69) is 29.2 Å². The molecule has 158 valence electrons. The van der Waals surface area contributed by atoms with E-state index in [9.17, 15) is 9.59 Å². The van der Waals surface area contributed by atoms with Crippen LogP contribution in [0.5, 0.6) is 0 Å². The van der Waals surface area contributed by atoms with Crippen LogP contribution in [0.2, 0.25) is 0 Å². The molecule has 0 aromatic carbocycles. The van der Waals surface area contributed by atoms with E-state index in [1.54, 1.807) is 11.3 Å². The number of nitrogens with one attached hydrogen (secondary N) is 1. The molecule has 3 heterocycles. The van der Waals surface area contributed by atoms with E-state index in [1.807, 2.05) is 28.8 Å². The topological polar surface area (TPSA) is 71.6 Å². The van der Waals surface area contributed by atoms with Gasteiger partial charge >= 0.3 is 0 Å². The number of rotatable bonds is 11. The minimum Gasteiger partial charge on any atom is -0.354 e. The third-order valence-corrected chi connectivity index (χ3v) is 6.08. The summed E-state index contributed by atoms with van der Waals surface area (Å²) in [6.45, 7) is 10.0. The van der Waals surface area contributed by atoms with Crippen molar-refractivity contribution in [1.29, 1.82) is 0 Å². The van der Waals surface area contributed by atoms with Crippen LogP contribution in [-0.4, -0.2) is 51.2 Å². The maximum atomic E-state index is 12.9. The lowest BCUT2D eigenvalue weighted by molar-refractivity contribution is -0.121. The van der Waals surface area contributed by atoms with Crippen molar-refractivity contribution in [2.24, 2.45) is 0 Å². The molecule has 0 unspecified atom stereocenters. The number of carbonyl (C=O) groups is 1. The molecule has 1 N–H and O–H groups in total. The van der Waals surface area contributed by atoms with Gasteiger partial charge in [0.1, 0.15) is 17.9 Å². The zero-order valence-electron chi connectivity index (χ0n) is 17.6. The molecule has 0 radical (unpaired) electrons. The molecular weight excluding hydrogens is 386 g/mol. The first kappa shape index (κ1) is 21.5. The van der Waals surface area contributed by atoms with Gasteiger partial charge in [-0.05, 0) is 50.0 Å². The highest BCUT2D eigenvalue weighted by Gasteiger charge is 2.15. The lowest BCUT2D eigenvalue weighted by Crippen LogP contribution is -2.36. The van der Waals surface area contributed by atoms with E-state index in [0.717, 1.165) is 42.1 Å². The fourth-order valence-corrected chi connectivity index (χ4v) is 4.39. The summed E-state index contributed by atoms with van der Waals surface area (Å²) in [7, 11) is 0. The van der Waals surface area contributed by atoms with E-state index in [0.29, 0.717) is 18.5 Å². The molecule has 0 bridgehead atoms. The highest BCUT2D eigenvalue weighted by molar-refractivity contribution is 7.17. The molecule has 8 heteroatoms. The largest absolute Gasteiger partial charge is 0.354 e. The van der Waals surface area contributed by atoms with Gasteiger partial charge in [-0.15, -0.1) is 11.3 Å². The number of carbonyl (C=O) groups excluding carboxylic acids is 1. The van der Waals surface area contributed by atoms with Crippen molar-refractivity contribution in [2.45, 2.75) is 53.0 Å². The second-order valence-corrected chi connectivity index (χ2v) is 8.21. The molecule has 0 fully saturated rings. The van der Waals surface area contributed by atoms with Gasteiger partial charge in [0.2, 0.25) is 5.91 Å². The highest BCUT2D eigenvalue weighted by Crippen LogP contribution is 2.24. The molecule has 0 spiro atoms. The first-order valence-corrected chi connectivity index (χ1v) is 11.4. The third kappa shape index (κ3) is 4.87. The summed E-state index contributed by atoms with van der Waals surface area (Å²) in [5, 5.41) is 9.41. The molecule has 29 heavy (non-hydrogen) atoms. The number of aromatic nitrogens is 3. The quantitative estimate of drug-likeness (QED) is 0.487. The number of thiophene rings is 1. The molecule has 7 nitrogen and oxygen atoms in total. The van der Waals surface area contributed by atoms with Crippen LogP contribution in [0.25, 0.3) is 15.7 Å². The summed E-state index contributed by atoms with van der Waals surface area (Å²) in [5.74, 6) is 0.617. The Morgan fingerprint density at radius 1 is 1.21 bits per heavy atom. The SMILES string of the molecule is CCCCN(CC)CCCNC(=O)Cn1nc(CC)n2c(cc3sccc32)c1=O. The van der Waals surface area contributed by atoms with Crippen LogP contribution in [0.4, 0.5) is 0 Å². The second-order valence-electron chi connectivity index (χ2n) is 7.26. The molecular formula is C21H31N5O2S. The molecule has 0 saturated heterocycles. The van der Waals surface area contributed by atoms with Crippen molar-refractivity contribution in [2.75, 3.05) is 26.2 Å². The molecule has 0 atom stereocenters. The third-order valence-electron chi connectivity index (χ3n) is 5.23. The van der Waals surface area contributed by atoms with Crippen LogP contribution < -0.4 is 10.9 Å². The number of amides is 1. The molecule has 3 aromatic rings. The summed E-state index contributed by atoms with van der Waals surface area (Å²) in [5.41, 5.74) is 1.37. The standard InChI is InChI=1S/C21H31N5O2S/c1-4-7-11-24(6-3)12-8-10-22-20(27)15-25-21(28)17-14-18-16(9-13-29-18)26(17)19(5-2)23-25/h9,13-14H,4-8,10-12,15H2,1-3H3,(H,22,27). The Labute approximate surface area is 175 Å². The van der Waals surface area contributed by atoms with Gasteiger partial charge in [-0.3, -0.25) is 14.0 Å². The number of unbranched alkanes of at least 4 members (excludes halogenated alkanes) is 1. The molecule has 3 aromatic heterocycles. The van der Waals surface area contributed by atoms with E-state index < -0.39 is 0 Å². The van der Waals surface area contributed by atoms with Gasteiger partial charge in [0.15, 0.2) is 0 Å². The molecule has 0 aliphatic rings. The van der Waals surface area contributed by atoms with Crippen molar-refractivity contribution >= 4 is 33.0 Å². The fourth-order valence-electron chi connectivity index (χ4n) is 3.59. The lowest BCUT2D eigenvalue weighted by atomic mass is 10.3. The first-order chi connectivity index (χ1) is 14.1. The predicted octanol–water partition coefficient (Wildman–Crippen LogP) is 2.90. The summed E-state index contributed by atoms with van der Waals surface area (Å²) >= 11 is 1.60. The highest BCUT2D eigenvalue weighted by atomic mass is 32.1. The number of hydrogen-bond acceptors (Lipinski definition) is 5. The van der Waals surface area contributed by atoms with E-state index >= 15 is 0 Å². The summed E-state index contributed by atoms with van der Waals surface area (Å²) in [4.78, 5) is 27.6. The Bertz CT molecular complexity index is 1020. The Kier molecular flexibility index (Phi) is 7.44. The van der Waals surface area contributed by atoms with Crippen LogP contribution in [-0.2, 0) is 17.8 Å². The van der Waals surface area contributed by atoms with Crippen molar-refractivity contribution in [1.82, 2.24) is 24.4 Å². The summed E-state index contributed by atoms with van der Waals surface area (Å²) in [6.07, 6.45) is 3.98. The number of hydrogen-bond donors (Lipinski definition) is 1. The van der Waals surface area contributed by atoms with Gasteiger partial charge in [-0.1, -0.05) is 27.2 Å². The maximum Gasteiger partial charge on any atom is 0.291 e. The number of aryl methyl sites for hydroxylation is 1. The lowest BCUT2D eigenvalue weighted by Gasteiger charge is -2.19.